The SMILES string of the molecule is O=C(c1cnn(C2CCN(C(=O)[C@@H]3CCCN3)CC2)c1C1CC1)N1CC[C@@H](c2ccccc2C(F)(F)F)C1. The second-order valence-corrected chi connectivity index (χ2v) is 11.2. The van der Waals surface area contributed by atoms with E-state index in [1.807, 2.05) is 9.58 Å². The zero-order valence-corrected chi connectivity index (χ0v) is 21.4. The Morgan fingerprint density at radius 2 is 1.66 bits per heavy atom. The van der Waals surface area contributed by atoms with Crippen LogP contribution in [0.5, 0.6) is 0 Å². The van der Waals surface area contributed by atoms with E-state index < -0.39 is 11.7 Å². The van der Waals surface area contributed by atoms with Crippen LogP contribution in [0.2, 0.25) is 0 Å². The topological polar surface area (TPSA) is 70.5 Å². The van der Waals surface area contributed by atoms with Crippen molar-refractivity contribution in [1.82, 2.24) is 24.9 Å². The van der Waals surface area contributed by atoms with E-state index in [1.54, 1.807) is 17.2 Å². The van der Waals surface area contributed by atoms with Crippen LogP contribution in [-0.2, 0) is 11.0 Å². The molecule has 6 rings (SSSR count). The molecule has 204 valence electrons. The molecule has 1 N–H and O–H groups in total. The molecule has 1 aromatic heterocycles. The van der Waals surface area contributed by atoms with Gasteiger partial charge in [-0.1, -0.05) is 18.2 Å². The molecule has 1 saturated carbocycles. The molecule has 1 aromatic carbocycles. The average Bonchev–Trinajstić information content (AvgIpc) is 3.33. The number of carbonyl (C=O) groups excluding carboxylic acids is 2. The number of benzene rings is 1. The summed E-state index contributed by atoms with van der Waals surface area (Å²) in [6, 6.07) is 5.78. The van der Waals surface area contributed by atoms with Crippen molar-refractivity contribution in [3.63, 3.8) is 0 Å². The highest BCUT2D eigenvalue weighted by Crippen LogP contribution is 2.44. The first-order chi connectivity index (χ1) is 18.3. The number of hydrogen-bond acceptors (Lipinski definition) is 4. The van der Waals surface area contributed by atoms with Crippen LogP contribution < -0.4 is 5.32 Å². The van der Waals surface area contributed by atoms with Crippen LogP contribution in [0, 0.1) is 0 Å². The number of rotatable bonds is 5. The van der Waals surface area contributed by atoms with Crippen LogP contribution in [0.15, 0.2) is 30.5 Å². The van der Waals surface area contributed by atoms with Crippen LogP contribution >= 0.6 is 0 Å². The van der Waals surface area contributed by atoms with Crippen molar-refractivity contribution < 1.29 is 22.8 Å². The lowest BCUT2D eigenvalue weighted by atomic mass is 9.93. The second-order valence-electron chi connectivity index (χ2n) is 11.2. The number of hydrogen-bond donors (Lipinski definition) is 1. The summed E-state index contributed by atoms with van der Waals surface area (Å²) >= 11 is 0. The molecule has 4 aliphatic rings. The number of nitrogens with zero attached hydrogens (tertiary/aromatic N) is 4. The van der Waals surface area contributed by atoms with Gasteiger partial charge in [-0.3, -0.25) is 14.3 Å². The number of piperidine rings is 1. The maximum Gasteiger partial charge on any atom is 0.416 e. The number of halogens is 3. The van der Waals surface area contributed by atoms with E-state index in [-0.39, 0.29) is 41.9 Å². The van der Waals surface area contributed by atoms with Gasteiger partial charge in [-0.15, -0.1) is 0 Å². The van der Waals surface area contributed by atoms with Gasteiger partial charge in [-0.25, -0.2) is 0 Å². The summed E-state index contributed by atoms with van der Waals surface area (Å²) in [6.45, 7) is 2.97. The molecule has 0 bridgehead atoms. The normalized spacial score (nSPS) is 24.8. The maximum atomic E-state index is 13.6. The Morgan fingerprint density at radius 3 is 2.34 bits per heavy atom. The van der Waals surface area contributed by atoms with E-state index in [0.29, 0.717) is 37.5 Å². The molecule has 38 heavy (non-hydrogen) atoms. The average molecular weight is 530 g/mol. The summed E-state index contributed by atoms with van der Waals surface area (Å²) in [5.41, 5.74) is 1.21. The van der Waals surface area contributed by atoms with Crippen molar-refractivity contribution in [3.8, 4) is 0 Å². The van der Waals surface area contributed by atoms with E-state index in [9.17, 15) is 22.8 Å². The minimum absolute atomic E-state index is 0.0603. The summed E-state index contributed by atoms with van der Waals surface area (Å²) in [5.74, 6) is 0.0102. The number of amides is 2. The fourth-order valence-corrected chi connectivity index (χ4v) is 6.52. The first-order valence-electron chi connectivity index (χ1n) is 13.9. The van der Waals surface area contributed by atoms with E-state index in [1.165, 1.54) is 12.1 Å². The van der Waals surface area contributed by atoms with Crippen LogP contribution in [0.3, 0.4) is 0 Å². The van der Waals surface area contributed by atoms with Gasteiger partial charge in [0.2, 0.25) is 5.91 Å². The van der Waals surface area contributed by atoms with Crippen LogP contribution in [0.25, 0.3) is 0 Å². The summed E-state index contributed by atoms with van der Waals surface area (Å²) in [4.78, 5) is 30.1. The van der Waals surface area contributed by atoms with Gasteiger partial charge in [0.1, 0.15) is 0 Å². The molecule has 3 aliphatic heterocycles. The quantitative estimate of drug-likeness (QED) is 0.626. The Bertz CT molecular complexity index is 1190. The van der Waals surface area contributed by atoms with Gasteiger partial charge >= 0.3 is 6.18 Å². The molecule has 2 aromatic rings. The van der Waals surface area contributed by atoms with Gasteiger partial charge in [0.15, 0.2) is 0 Å². The zero-order chi connectivity index (χ0) is 26.4. The van der Waals surface area contributed by atoms with Crippen molar-refractivity contribution in [2.75, 3.05) is 32.7 Å². The molecule has 4 fully saturated rings. The number of carbonyl (C=O) groups is 2. The molecule has 2 atom stereocenters. The van der Waals surface area contributed by atoms with Gasteiger partial charge in [0.25, 0.3) is 5.91 Å². The Kier molecular flexibility index (Phi) is 6.70. The molecule has 0 spiro atoms. The van der Waals surface area contributed by atoms with E-state index in [2.05, 4.69) is 10.4 Å². The number of alkyl halides is 3. The molecule has 4 heterocycles. The smallest absolute Gasteiger partial charge is 0.341 e. The summed E-state index contributed by atoms with van der Waals surface area (Å²) in [7, 11) is 0. The highest BCUT2D eigenvalue weighted by atomic mass is 19.4. The predicted molar refractivity (Wildman–Crippen MR) is 135 cm³/mol. The lowest BCUT2D eigenvalue weighted by Gasteiger charge is -2.34. The maximum absolute atomic E-state index is 13.6. The van der Waals surface area contributed by atoms with Crippen LogP contribution in [0.4, 0.5) is 13.2 Å². The molecule has 0 unspecified atom stereocenters. The largest absolute Gasteiger partial charge is 0.416 e. The highest BCUT2D eigenvalue weighted by molar-refractivity contribution is 5.95. The van der Waals surface area contributed by atoms with Gasteiger partial charge < -0.3 is 15.1 Å². The Hall–Kier alpha value is -2.88. The van der Waals surface area contributed by atoms with Gasteiger partial charge in [-0.05, 0) is 63.1 Å². The second kappa shape index (κ2) is 10.0. The van der Waals surface area contributed by atoms with Gasteiger partial charge in [0, 0.05) is 38.0 Å². The van der Waals surface area contributed by atoms with Crippen molar-refractivity contribution in [2.45, 2.75) is 75.0 Å². The molecular formula is C28H34F3N5O2. The fourth-order valence-electron chi connectivity index (χ4n) is 6.52. The third-order valence-corrected chi connectivity index (χ3v) is 8.69. The number of likely N-dealkylation sites (tertiary alicyclic amines) is 2. The third-order valence-electron chi connectivity index (χ3n) is 8.69. The molecular weight excluding hydrogens is 495 g/mol. The van der Waals surface area contributed by atoms with E-state index in [4.69, 9.17) is 0 Å². The van der Waals surface area contributed by atoms with Crippen LogP contribution in [-0.4, -0.2) is 70.2 Å². The number of aromatic nitrogens is 2. The Balaban J connectivity index is 1.15. The fraction of sp³-hybridized carbons (Fsp3) is 0.607. The molecule has 2 amide bonds. The monoisotopic (exact) mass is 529 g/mol. The summed E-state index contributed by atoms with van der Waals surface area (Å²) in [6.07, 6.45) is 3.31. The standard InChI is InChI=1S/C28H34F3N5O2/c29-28(30,31)23-5-2-1-4-21(23)19-9-13-35(17-19)26(37)22-16-33-36(25(22)18-7-8-18)20-10-14-34(15-11-20)27(38)24-6-3-12-32-24/h1-2,4-5,16,18-20,24,32H,3,6-15,17H2/t19-,24+/m1/s1. The van der Waals surface area contributed by atoms with Crippen molar-refractivity contribution >= 4 is 11.8 Å². The lowest BCUT2D eigenvalue weighted by molar-refractivity contribution is -0.138. The Morgan fingerprint density at radius 1 is 0.921 bits per heavy atom. The first-order valence-corrected chi connectivity index (χ1v) is 13.9. The summed E-state index contributed by atoms with van der Waals surface area (Å²) < 4.78 is 42.8. The zero-order valence-electron chi connectivity index (χ0n) is 21.4. The predicted octanol–water partition coefficient (Wildman–Crippen LogP) is 4.32. The van der Waals surface area contributed by atoms with Crippen molar-refractivity contribution in [1.29, 1.82) is 0 Å². The lowest BCUT2D eigenvalue weighted by Crippen LogP contribution is -2.47. The molecule has 3 saturated heterocycles. The van der Waals surface area contributed by atoms with Crippen LogP contribution in [0.1, 0.15) is 90.0 Å². The highest BCUT2D eigenvalue weighted by Gasteiger charge is 2.40. The molecule has 10 heteroatoms. The van der Waals surface area contributed by atoms with E-state index >= 15 is 0 Å². The van der Waals surface area contributed by atoms with Crippen molar-refractivity contribution in [2.24, 2.45) is 0 Å². The Labute approximate surface area is 220 Å². The molecule has 1 aliphatic carbocycles. The van der Waals surface area contributed by atoms with E-state index in [0.717, 1.165) is 56.8 Å². The van der Waals surface area contributed by atoms with Crippen molar-refractivity contribution in [3.05, 3.63) is 52.8 Å². The van der Waals surface area contributed by atoms with Gasteiger partial charge in [-0.2, -0.15) is 18.3 Å². The molecule has 7 nitrogen and oxygen atoms in total. The van der Waals surface area contributed by atoms with Gasteiger partial charge in [0.05, 0.1) is 35.1 Å². The third kappa shape index (κ3) is 4.83. The minimum atomic E-state index is -4.41. The molecule has 0 radical (unpaired) electrons. The first kappa shape index (κ1) is 25.4. The summed E-state index contributed by atoms with van der Waals surface area (Å²) in [5, 5.41) is 7.96. The number of nitrogens with one attached hydrogen (secondary N) is 1. The minimum Gasteiger partial charge on any atom is -0.341 e.